The summed E-state index contributed by atoms with van der Waals surface area (Å²) in [6, 6.07) is 9.37. The third-order valence-electron chi connectivity index (χ3n) is 2.05. The summed E-state index contributed by atoms with van der Waals surface area (Å²) in [7, 11) is 1.53. The average Bonchev–Trinajstić information content (AvgIpc) is 2.21. The first-order valence-corrected chi connectivity index (χ1v) is 4.37. The first-order valence-electron chi connectivity index (χ1n) is 4.37. The van der Waals surface area contributed by atoms with Gasteiger partial charge < -0.3 is 5.32 Å². The van der Waals surface area contributed by atoms with Crippen molar-refractivity contribution < 1.29 is 4.79 Å². The molecule has 0 saturated carbocycles. The zero-order valence-electron chi connectivity index (χ0n) is 8.24. The van der Waals surface area contributed by atoms with E-state index in [0.717, 1.165) is 11.1 Å². The van der Waals surface area contributed by atoms with Crippen LogP contribution >= 0.6 is 0 Å². The molecule has 0 spiro atoms. The summed E-state index contributed by atoms with van der Waals surface area (Å²) < 4.78 is 0. The minimum atomic E-state index is -0.708. The fourth-order valence-electron chi connectivity index (χ4n) is 1.19. The van der Waals surface area contributed by atoms with Crippen LogP contribution < -0.4 is 5.32 Å². The van der Waals surface area contributed by atoms with Crippen LogP contribution in [-0.4, -0.2) is 13.0 Å². The van der Waals surface area contributed by atoms with Gasteiger partial charge >= 0.3 is 0 Å². The molecule has 14 heavy (non-hydrogen) atoms. The molecule has 1 rings (SSSR count). The molecule has 0 aliphatic rings. The molecule has 0 aliphatic heterocycles. The number of hydrogen-bond acceptors (Lipinski definition) is 2. The van der Waals surface area contributed by atoms with Crippen molar-refractivity contribution in [2.45, 2.75) is 12.8 Å². The van der Waals surface area contributed by atoms with Crippen molar-refractivity contribution in [1.82, 2.24) is 5.32 Å². The number of carbonyl (C=O) groups is 1. The van der Waals surface area contributed by atoms with Gasteiger partial charge in [-0.2, -0.15) is 5.26 Å². The molecule has 1 unspecified atom stereocenters. The summed E-state index contributed by atoms with van der Waals surface area (Å²) in [4.78, 5) is 11.3. The second kappa shape index (κ2) is 4.43. The highest BCUT2D eigenvalue weighted by Crippen LogP contribution is 2.15. The Bertz CT molecular complexity index is 362. The Balaban J connectivity index is 2.97. The molecule has 0 fully saturated rings. The summed E-state index contributed by atoms with van der Waals surface area (Å²) in [5.41, 5.74) is 1.85. The number of nitrogens with one attached hydrogen (secondary N) is 1. The molecule has 1 atom stereocenters. The van der Waals surface area contributed by atoms with Crippen molar-refractivity contribution >= 4 is 5.91 Å². The van der Waals surface area contributed by atoms with Crippen LogP contribution in [0.4, 0.5) is 0 Å². The Morgan fingerprint density at radius 2 is 2.00 bits per heavy atom. The highest BCUT2D eigenvalue weighted by Gasteiger charge is 2.17. The van der Waals surface area contributed by atoms with Gasteiger partial charge in [0.05, 0.1) is 6.07 Å². The van der Waals surface area contributed by atoms with Gasteiger partial charge in [-0.15, -0.1) is 0 Å². The molecular weight excluding hydrogens is 176 g/mol. The van der Waals surface area contributed by atoms with Crippen molar-refractivity contribution in [3.63, 3.8) is 0 Å². The molecular formula is C11H12N2O. The fraction of sp³-hybridized carbons (Fsp3) is 0.273. The monoisotopic (exact) mass is 188 g/mol. The van der Waals surface area contributed by atoms with E-state index in [0.29, 0.717) is 0 Å². The van der Waals surface area contributed by atoms with Crippen LogP contribution in [0.1, 0.15) is 17.0 Å². The van der Waals surface area contributed by atoms with Gasteiger partial charge in [-0.05, 0) is 12.5 Å². The molecule has 1 N–H and O–H groups in total. The zero-order valence-corrected chi connectivity index (χ0v) is 8.24. The van der Waals surface area contributed by atoms with Crippen LogP contribution in [0.3, 0.4) is 0 Å². The lowest BCUT2D eigenvalue weighted by atomic mass is 9.99. The molecule has 0 radical (unpaired) electrons. The van der Waals surface area contributed by atoms with Gasteiger partial charge in [-0.25, -0.2) is 0 Å². The standard InChI is InChI=1S/C11H12N2O/c1-8-3-5-9(6-4-8)10(7-12)11(14)13-2/h3-6,10H,1-2H3,(H,13,14). The Labute approximate surface area is 83.4 Å². The van der Waals surface area contributed by atoms with Crippen molar-refractivity contribution in [3.05, 3.63) is 35.4 Å². The maximum Gasteiger partial charge on any atom is 0.241 e. The molecule has 0 heterocycles. The van der Waals surface area contributed by atoms with Gasteiger partial charge in [0, 0.05) is 7.05 Å². The van der Waals surface area contributed by atoms with Crippen molar-refractivity contribution in [2.75, 3.05) is 7.05 Å². The van der Waals surface area contributed by atoms with Crippen molar-refractivity contribution in [3.8, 4) is 6.07 Å². The number of carbonyl (C=O) groups excluding carboxylic acids is 1. The smallest absolute Gasteiger partial charge is 0.241 e. The number of nitrogens with zero attached hydrogens (tertiary/aromatic N) is 1. The second-order valence-corrected chi connectivity index (χ2v) is 3.09. The van der Waals surface area contributed by atoms with Crippen molar-refractivity contribution in [2.24, 2.45) is 0 Å². The number of benzene rings is 1. The molecule has 72 valence electrons. The van der Waals surface area contributed by atoms with Crippen LogP contribution in [0.15, 0.2) is 24.3 Å². The normalized spacial score (nSPS) is 11.5. The molecule has 0 aliphatic carbocycles. The van der Waals surface area contributed by atoms with Crippen molar-refractivity contribution in [1.29, 1.82) is 5.26 Å². The first-order chi connectivity index (χ1) is 6.69. The lowest BCUT2D eigenvalue weighted by Crippen LogP contribution is -2.24. The van der Waals surface area contributed by atoms with E-state index in [1.807, 2.05) is 25.1 Å². The van der Waals surface area contributed by atoms with Gasteiger partial charge in [0.25, 0.3) is 0 Å². The number of rotatable bonds is 2. The van der Waals surface area contributed by atoms with E-state index in [4.69, 9.17) is 5.26 Å². The predicted octanol–water partition coefficient (Wildman–Crippen LogP) is 1.35. The van der Waals surface area contributed by atoms with Gasteiger partial charge in [0.2, 0.25) is 5.91 Å². The molecule has 3 nitrogen and oxygen atoms in total. The van der Waals surface area contributed by atoms with E-state index in [2.05, 4.69) is 5.32 Å². The molecule has 0 saturated heterocycles. The van der Waals surface area contributed by atoms with Gasteiger partial charge in [0.1, 0.15) is 5.92 Å². The zero-order chi connectivity index (χ0) is 10.6. The lowest BCUT2D eigenvalue weighted by Gasteiger charge is -2.07. The maximum absolute atomic E-state index is 11.3. The van der Waals surface area contributed by atoms with E-state index in [1.54, 1.807) is 12.1 Å². The minimum absolute atomic E-state index is 0.267. The number of nitriles is 1. The summed E-state index contributed by atoms with van der Waals surface area (Å²) >= 11 is 0. The average molecular weight is 188 g/mol. The van der Waals surface area contributed by atoms with Gasteiger partial charge in [0.15, 0.2) is 0 Å². The highest BCUT2D eigenvalue weighted by molar-refractivity contribution is 5.86. The Hall–Kier alpha value is -1.82. The highest BCUT2D eigenvalue weighted by atomic mass is 16.1. The van der Waals surface area contributed by atoms with Gasteiger partial charge in [-0.1, -0.05) is 29.8 Å². The summed E-state index contributed by atoms with van der Waals surface area (Å²) in [6.45, 7) is 1.96. The first kappa shape index (κ1) is 10.3. The molecule has 1 amide bonds. The maximum atomic E-state index is 11.3. The Morgan fingerprint density at radius 1 is 1.43 bits per heavy atom. The van der Waals surface area contributed by atoms with Crippen LogP contribution in [0, 0.1) is 18.3 Å². The third kappa shape index (κ3) is 2.11. The molecule has 3 heteroatoms. The second-order valence-electron chi connectivity index (χ2n) is 3.09. The number of hydrogen-bond donors (Lipinski definition) is 1. The summed E-state index contributed by atoms with van der Waals surface area (Å²) in [5.74, 6) is -0.975. The quantitative estimate of drug-likeness (QED) is 0.761. The molecule has 1 aromatic carbocycles. The van der Waals surface area contributed by atoms with E-state index in [1.165, 1.54) is 7.05 Å². The molecule has 1 aromatic rings. The lowest BCUT2D eigenvalue weighted by molar-refractivity contribution is -0.120. The molecule has 0 aromatic heterocycles. The number of aryl methyl sites for hydroxylation is 1. The van der Waals surface area contributed by atoms with E-state index in [-0.39, 0.29) is 5.91 Å². The topological polar surface area (TPSA) is 52.9 Å². The van der Waals surface area contributed by atoms with E-state index in [9.17, 15) is 4.79 Å². The third-order valence-corrected chi connectivity index (χ3v) is 2.05. The number of amides is 1. The van der Waals surface area contributed by atoms with Gasteiger partial charge in [-0.3, -0.25) is 4.79 Å². The van der Waals surface area contributed by atoms with E-state index < -0.39 is 5.92 Å². The Morgan fingerprint density at radius 3 is 2.43 bits per heavy atom. The minimum Gasteiger partial charge on any atom is -0.358 e. The van der Waals surface area contributed by atoms with E-state index >= 15 is 0 Å². The summed E-state index contributed by atoms with van der Waals surface area (Å²) in [5, 5.41) is 11.3. The molecule has 0 bridgehead atoms. The van der Waals surface area contributed by atoms with Crippen LogP contribution in [0.25, 0.3) is 0 Å². The van der Waals surface area contributed by atoms with Crippen LogP contribution in [0.5, 0.6) is 0 Å². The predicted molar refractivity (Wildman–Crippen MR) is 53.6 cm³/mol. The fourth-order valence-corrected chi connectivity index (χ4v) is 1.19. The Kier molecular flexibility index (Phi) is 3.24. The number of likely N-dealkylation sites (N-methyl/N-ethyl adjacent to an activating group) is 1. The van der Waals surface area contributed by atoms with Crippen LogP contribution in [0.2, 0.25) is 0 Å². The van der Waals surface area contributed by atoms with Crippen LogP contribution in [-0.2, 0) is 4.79 Å². The SMILES string of the molecule is CNC(=O)C(C#N)c1ccc(C)cc1. The summed E-state index contributed by atoms with van der Waals surface area (Å²) in [6.07, 6.45) is 0. The largest absolute Gasteiger partial charge is 0.358 e.